The zero-order chi connectivity index (χ0) is 10.8. The number of rotatable bonds is 3. The molecule has 0 unspecified atom stereocenters. The van der Waals surface area contributed by atoms with Crippen LogP contribution in [0.15, 0.2) is 18.6 Å². The van der Waals surface area contributed by atoms with E-state index in [9.17, 15) is 4.79 Å². The van der Waals surface area contributed by atoms with E-state index in [1.165, 1.54) is 6.33 Å². The van der Waals surface area contributed by atoms with Crippen molar-refractivity contribution in [3.05, 3.63) is 24.2 Å². The molecule has 0 atom stereocenters. The Balaban J connectivity index is 2.50. The third-order valence-electron chi connectivity index (χ3n) is 2.07. The Morgan fingerprint density at radius 3 is 3.07 bits per heavy atom. The molecule has 2 aromatic rings. The molecule has 5 nitrogen and oxygen atoms in total. The molecule has 0 aliphatic rings. The van der Waals surface area contributed by atoms with Crippen LogP contribution in [0.25, 0.3) is 5.52 Å². The summed E-state index contributed by atoms with van der Waals surface area (Å²) < 4.78 is 6.75. The van der Waals surface area contributed by atoms with Gasteiger partial charge in [-0.3, -0.25) is 4.79 Å². The van der Waals surface area contributed by atoms with Gasteiger partial charge >= 0.3 is 0 Å². The fourth-order valence-corrected chi connectivity index (χ4v) is 1.50. The third-order valence-corrected chi connectivity index (χ3v) is 2.07. The average molecular weight is 205 g/mol. The number of hydrogen-bond acceptors (Lipinski definition) is 4. The Bertz CT molecular complexity index is 504. The summed E-state index contributed by atoms with van der Waals surface area (Å²) in [5, 5.41) is 4.03. The summed E-state index contributed by atoms with van der Waals surface area (Å²) in [7, 11) is 1.56. The number of carbonyl (C=O) groups excluding carboxylic acids is 1. The van der Waals surface area contributed by atoms with Crippen molar-refractivity contribution in [1.82, 2.24) is 14.6 Å². The molecule has 0 N–H and O–H groups in total. The van der Waals surface area contributed by atoms with Crippen LogP contribution in [-0.4, -0.2) is 27.5 Å². The van der Waals surface area contributed by atoms with Crippen molar-refractivity contribution in [2.75, 3.05) is 7.11 Å². The van der Waals surface area contributed by atoms with Crippen molar-refractivity contribution < 1.29 is 9.53 Å². The second kappa shape index (κ2) is 3.68. The number of hydrogen-bond donors (Lipinski definition) is 0. The summed E-state index contributed by atoms with van der Waals surface area (Å²) >= 11 is 0. The molecule has 0 saturated carbocycles. The summed E-state index contributed by atoms with van der Waals surface area (Å²) in [5.41, 5.74) is 1.69. The zero-order valence-corrected chi connectivity index (χ0v) is 8.60. The van der Waals surface area contributed by atoms with Crippen LogP contribution in [0.5, 0.6) is 5.88 Å². The van der Waals surface area contributed by atoms with E-state index < -0.39 is 0 Å². The number of ether oxygens (including phenoxy) is 1. The predicted octanol–water partition coefficient (Wildman–Crippen LogP) is 0.869. The minimum atomic E-state index is 0.123. The summed E-state index contributed by atoms with van der Waals surface area (Å²) in [6.45, 7) is 1.56. The van der Waals surface area contributed by atoms with Crippen LogP contribution >= 0.6 is 0 Å². The SMILES string of the molecule is COc1ncnn2cc(CC(C)=O)cc12. The van der Waals surface area contributed by atoms with Crippen molar-refractivity contribution in [2.24, 2.45) is 0 Å². The van der Waals surface area contributed by atoms with Crippen molar-refractivity contribution in [3.63, 3.8) is 0 Å². The van der Waals surface area contributed by atoms with Crippen LogP contribution < -0.4 is 4.74 Å². The molecule has 0 radical (unpaired) electrons. The van der Waals surface area contributed by atoms with Crippen molar-refractivity contribution in [2.45, 2.75) is 13.3 Å². The number of Topliss-reactive ketones (excluding diaryl/α,β-unsaturated/α-hetero) is 1. The van der Waals surface area contributed by atoms with E-state index in [1.807, 2.05) is 6.07 Å². The quantitative estimate of drug-likeness (QED) is 0.746. The Kier molecular flexibility index (Phi) is 2.37. The maximum Gasteiger partial charge on any atom is 0.241 e. The number of methoxy groups -OCH3 is 1. The van der Waals surface area contributed by atoms with Gasteiger partial charge in [0, 0.05) is 12.6 Å². The number of aromatic nitrogens is 3. The van der Waals surface area contributed by atoms with Gasteiger partial charge in [0.25, 0.3) is 0 Å². The second-order valence-electron chi connectivity index (χ2n) is 3.33. The molecule has 2 rings (SSSR count). The van der Waals surface area contributed by atoms with Gasteiger partial charge in [-0.1, -0.05) is 0 Å². The van der Waals surface area contributed by atoms with E-state index in [-0.39, 0.29) is 5.78 Å². The van der Waals surface area contributed by atoms with Gasteiger partial charge in [-0.05, 0) is 18.6 Å². The lowest BCUT2D eigenvalue weighted by atomic mass is 10.2. The molecule has 2 heterocycles. The molecule has 0 amide bonds. The highest BCUT2D eigenvalue weighted by Gasteiger charge is 2.07. The minimum Gasteiger partial charge on any atom is -0.479 e. The Labute approximate surface area is 86.7 Å². The van der Waals surface area contributed by atoms with E-state index in [1.54, 1.807) is 24.7 Å². The summed E-state index contributed by atoms with van der Waals surface area (Å²) in [5.74, 6) is 0.637. The monoisotopic (exact) mass is 205 g/mol. The Morgan fingerprint density at radius 2 is 2.40 bits per heavy atom. The molecule has 5 heteroatoms. The van der Waals surface area contributed by atoms with Crippen LogP contribution in [-0.2, 0) is 11.2 Å². The van der Waals surface area contributed by atoms with Gasteiger partial charge in [-0.15, -0.1) is 0 Å². The van der Waals surface area contributed by atoms with Gasteiger partial charge < -0.3 is 4.74 Å². The highest BCUT2D eigenvalue weighted by molar-refractivity contribution is 5.79. The molecule has 2 aromatic heterocycles. The topological polar surface area (TPSA) is 56.5 Å². The van der Waals surface area contributed by atoms with Crippen molar-refractivity contribution in [3.8, 4) is 5.88 Å². The molecule has 0 fully saturated rings. The molecule has 0 aromatic carbocycles. The maximum atomic E-state index is 11.0. The van der Waals surface area contributed by atoms with Crippen molar-refractivity contribution in [1.29, 1.82) is 0 Å². The van der Waals surface area contributed by atoms with Gasteiger partial charge in [0.1, 0.15) is 17.6 Å². The average Bonchev–Trinajstić information content (AvgIpc) is 2.58. The first-order chi connectivity index (χ1) is 7.20. The molecular weight excluding hydrogens is 194 g/mol. The Morgan fingerprint density at radius 1 is 1.60 bits per heavy atom. The standard InChI is InChI=1S/C10H11N3O2/c1-7(14)3-8-4-9-10(15-2)11-6-12-13(9)5-8/h4-6H,3H2,1-2H3. The van der Waals surface area contributed by atoms with E-state index in [4.69, 9.17) is 4.74 Å². The maximum absolute atomic E-state index is 11.0. The van der Waals surface area contributed by atoms with Crippen LogP contribution in [0, 0.1) is 0 Å². The van der Waals surface area contributed by atoms with Gasteiger partial charge in [0.2, 0.25) is 5.88 Å². The number of nitrogens with zero attached hydrogens (tertiary/aromatic N) is 3. The number of carbonyl (C=O) groups is 1. The zero-order valence-electron chi connectivity index (χ0n) is 8.60. The first-order valence-corrected chi connectivity index (χ1v) is 4.56. The van der Waals surface area contributed by atoms with E-state index in [0.29, 0.717) is 12.3 Å². The van der Waals surface area contributed by atoms with Gasteiger partial charge in [-0.25, -0.2) is 4.52 Å². The summed E-state index contributed by atoms with van der Waals surface area (Å²) in [6.07, 6.45) is 3.64. The third kappa shape index (κ3) is 1.81. The lowest BCUT2D eigenvalue weighted by molar-refractivity contribution is -0.116. The summed E-state index contributed by atoms with van der Waals surface area (Å²) in [4.78, 5) is 14.9. The van der Waals surface area contributed by atoms with Crippen LogP contribution in [0.3, 0.4) is 0 Å². The van der Waals surface area contributed by atoms with Crippen molar-refractivity contribution >= 4 is 11.3 Å². The number of ketones is 1. The number of fused-ring (bicyclic) bond motifs is 1. The fraction of sp³-hybridized carbons (Fsp3) is 0.300. The Hall–Kier alpha value is -1.91. The lowest BCUT2D eigenvalue weighted by Crippen LogP contribution is -1.95. The lowest BCUT2D eigenvalue weighted by Gasteiger charge is -1.98. The normalized spacial score (nSPS) is 10.5. The van der Waals surface area contributed by atoms with E-state index in [2.05, 4.69) is 10.1 Å². The smallest absolute Gasteiger partial charge is 0.241 e. The molecule has 15 heavy (non-hydrogen) atoms. The molecule has 78 valence electrons. The molecule has 0 bridgehead atoms. The fourth-order valence-electron chi connectivity index (χ4n) is 1.50. The van der Waals surface area contributed by atoms with Gasteiger partial charge in [0.15, 0.2) is 0 Å². The van der Waals surface area contributed by atoms with Crippen LogP contribution in [0.1, 0.15) is 12.5 Å². The molecule has 0 spiro atoms. The van der Waals surface area contributed by atoms with Crippen LogP contribution in [0.2, 0.25) is 0 Å². The highest BCUT2D eigenvalue weighted by atomic mass is 16.5. The molecule has 0 aliphatic heterocycles. The highest BCUT2D eigenvalue weighted by Crippen LogP contribution is 2.17. The molecule has 0 aliphatic carbocycles. The largest absolute Gasteiger partial charge is 0.479 e. The van der Waals surface area contributed by atoms with Gasteiger partial charge in [0.05, 0.1) is 7.11 Å². The van der Waals surface area contributed by atoms with Crippen LogP contribution in [0.4, 0.5) is 0 Å². The molecule has 0 saturated heterocycles. The first-order valence-electron chi connectivity index (χ1n) is 4.56. The predicted molar refractivity (Wildman–Crippen MR) is 53.9 cm³/mol. The second-order valence-corrected chi connectivity index (χ2v) is 3.33. The van der Waals surface area contributed by atoms with E-state index >= 15 is 0 Å². The minimum absolute atomic E-state index is 0.123. The summed E-state index contributed by atoms with van der Waals surface area (Å²) in [6, 6.07) is 1.86. The first kappa shape index (κ1) is 9.64. The van der Waals surface area contributed by atoms with E-state index in [0.717, 1.165) is 11.1 Å². The van der Waals surface area contributed by atoms with Gasteiger partial charge in [-0.2, -0.15) is 10.1 Å². The molecular formula is C10H11N3O2.